The van der Waals surface area contributed by atoms with Crippen LogP contribution < -0.4 is 10.5 Å². The minimum absolute atomic E-state index is 0.00685. The van der Waals surface area contributed by atoms with Gasteiger partial charge in [-0.05, 0) is 12.8 Å². The molecule has 0 aliphatic carbocycles. The summed E-state index contributed by atoms with van der Waals surface area (Å²) in [6, 6.07) is -0.373. The summed E-state index contributed by atoms with van der Waals surface area (Å²) >= 11 is 0. The van der Waals surface area contributed by atoms with Crippen LogP contribution in [0.5, 0.6) is 0 Å². The molecule has 2 rings (SSSR count). The number of aromatic nitrogens is 2. The molecule has 19 heavy (non-hydrogen) atoms. The van der Waals surface area contributed by atoms with Crippen molar-refractivity contribution >= 4 is 19.9 Å². The Bertz CT molecular complexity index is 636. The number of aromatic amines is 1. The molecule has 10 heteroatoms. The van der Waals surface area contributed by atoms with Gasteiger partial charge < -0.3 is 5.73 Å². The average molecular weight is 308 g/mol. The average Bonchev–Trinajstić information content (AvgIpc) is 2.81. The molecule has 0 radical (unpaired) electrons. The minimum atomic E-state index is -3.74. The lowest BCUT2D eigenvalue weighted by molar-refractivity contribution is 0.503. The molecule has 1 aliphatic rings. The Hall–Kier alpha value is -0.970. The molecule has 0 atom stereocenters. The summed E-state index contributed by atoms with van der Waals surface area (Å²) in [4.78, 5) is 0. The van der Waals surface area contributed by atoms with E-state index in [0.717, 1.165) is 0 Å². The van der Waals surface area contributed by atoms with Crippen LogP contribution in [0.2, 0.25) is 0 Å². The van der Waals surface area contributed by atoms with Crippen LogP contribution >= 0.6 is 0 Å². The number of H-pyrrole nitrogens is 1. The van der Waals surface area contributed by atoms with Crippen molar-refractivity contribution in [2.45, 2.75) is 30.5 Å². The number of nitrogens with one attached hydrogen (secondary N) is 2. The maximum atomic E-state index is 12.1. The van der Waals surface area contributed by atoms with Crippen LogP contribution in [0.1, 0.15) is 18.4 Å². The van der Waals surface area contributed by atoms with E-state index >= 15 is 0 Å². The van der Waals surface area contributed by atoms with Crippen molar-refractivity contribution in [3.8, 4) is 0 Å². The molecule has 0 bridgehead atoms. The summed E-state index contributed by atoms with van der Waals surface area (Å²) in [5.41, 5.74) is 5.83. The topological polar surface area (TPSA) is 135 Å². The zero-order chi connectivity index (χ0) is 14.1. The van der Waals surface area contributed by atoms with E-state index in [1.54, 1.807) is 0 Å². The second-order valence-corrected chi connectivity index (χ2v) is 8.43. The van der Waals surface area contributed by atoms with Gasteiger partial charge in [-0.3, -0.25) is 5.10 Å². The lowest BCUT2D eigenvalue weighted by atomic mass is 10.2. The Morgan fingerprint density at radius 1 is 1.42 bits per heavy atom. The Morgan fingerprint density at radius 3 is 2.63 bits per heavy atom. The Balaban J connectivity index is 2.11. The van der Waals surface area contributed by atoms with E-state index in [1.807, 2.05) is 0 Å². The van der Waals surface area contributed by atoms with Gasteiger partial charge in [0.05, 0.1) is 17.7 Å². The lowest BCUT2D eigenvalue weighted by Crippen LogP contribution is -2.41. The molecule has 1 fully saturated rings. The number of hydrogen-bond donors (Lipinski definition) is 3. The quantitative estimate of drug-likeness (QED) is 0.634. The predicted molar refractivity (Wildman–Crippen MR) is 68.5 cm³/mol. The molecule has 1 aromatic rings. The third-order valence-electron chi connectivity index (χ3n) is 3.04. The number of sulfonamides is 1. The fourth-order valence-electron chi connectivity index (χ4n) is 1.96. The van der Waals surface area contributed by atoms with Gasteiger partial charge in [-0.25, -0.2) is 21.6 Å². The first kappa shape index (κ1) is 14.4. The molecule has 0 spiro atoms. The van der Waals surface area contributed by atoms with E-state index in [1.165, 1.54) is 6.20 Å². The van der Waals surface area contributed by atoms with Crippen molar-refractivity contribution in [1.29, 1.82) is 0 Å². The first-order valence-corrected chi connectivity index (χ1v) is 9.09. The summed E-state index contributed by atoms with van der Waals surface area (Å²) in [6.07, 6.45) is 1.93. The highest BCUT2D eigenvalue weighted by molar-refractivity contribution is 7.91. The van der Waals surface area contributed by atoms with Crippen molar-refractivity contribution in [3.63, 3.8) is 0 Å². The third kappa shape index (κ3) is 3.32. The van der Waals surface area contributed by atoms with E-state index in [0.29, 0.717) is 5.56 Å². The SMILES string of the molecule is NCc1cn[nH]c1S(=O)(=O)NC1CCS(=O)(=O)CC1. The maximum Gasteiger partial charge on any atom is 0.258 e. The van der Waals surface area contributed by atoms with Gasteiger partial charge in [0.1, 0.15) is 9.84 Å². The van der Waals surface area contributed by atoms with E-state index < -0.39 is 19.9 Å². The van der Waals surface area contributed by atoms with Crippen LogP contribution in [-0.2, 0) is 26.4 Å². The predicted octanol–water partition coefficient (Wildman–Crippen LogP) is -1.28. The monoisotopic (exact) mass is 308 g/mol. The van der Waals surface area contributed by atoms with Gasteiger partial charge in [-0.2, -0.15) is 5.10 Å². The fourth-order valence-corrected chi connectivity index (χ4v) is 4.90. The number of nitrogens with two attached hydrogens (primary N) is 1. The molecule has 0 aromatic carbocycles. The Kier molecular flexibility index (Phi) is 3.95. The largest absolute Gasteiger partial charge is 0.326 e. The summed E-state index contributed by atoms with van der Waals surface area (Å²) < 4.78 is 49.3. The maximum absolute atomic E-state index is 12.1. The molecule has 8 nitrogen and oxygen atoms in total. The molecule has 0 saturated carbocycles. The summed E-state index contributed by atoms with van der Waals surface area (Å²) in [5.74, 6) is 0.0137. The van der Waals surface area contributed by atoms with E-state index in [-0.39, 0.29) is 42.0 Å². The molecule has 2 heterocycles. The smallest absolute Gasteiger partial charge is 0.258 e. The van der Waals surface area contributed by atoms with Crippen molar-refractivity contribution in [1.82, 2.24) is 14.9 Å². The standard InChI is InChI=1S/C9H16N4O4S2/c10-5-7-6-11-12-9(7)19(16,17)13-8-1-3-18(14,15)4-2-8/h6,8,13H,1-5,10H2,(H,11,12). The zero-order valence-electron chi connectivity index (χ0n) is 10.2. The highest BCUT2D eigenvalue weighted by Crippen LogP contribution is 2.17. The molecule has 108 valence electrons. The van der Waals surface area contributed by atoms with Crippen molar-refractivity contribution in [2.75, 3.05) is 11.5 Å². The minimum Gasteiger partial charge on any atom is -0.326 e. The lowest BCUT2D eigenvalue weighted by Gasteiger charge is -2.22. The Labute approximate surface area is 111 Å². The first-order chi connectivity index (χ1) is 8.84. The molecule has 1 aromatic heterocycles. The normalized spacial score (nSPS) is 20.5. The molecular formula is C9H16N4O4S2. The second-order valence-electron chi connectivity index (χ2n) is 4.48. The number of sulfone groups is 1. The van der Waals surface area contributed by atoms with Crippen LogP contribution in [0.4, 0.5) is 0 Å². The van der Waals surface area contributed by atoms with Gasteiger partial charge in [0, 0.05) is 18.2 Å². The highest BCUT2D eigenvalue weighted by atomic mass is 32.2. The van der Waals surface area contributed by atoms with Gasteiger partial charge in [0.2, 0.25) is 0 Å². The summed E-state index contributed by atoms with van der Waals surface area (Å²) in [7, 11) is -6.75. The van der Waals surface area contributed by atoms with Crippen LogP contribution in [0.3, 0.4) is 0 Å². The van der Waals surface area contributed by atoms with Gasteiger partial charge in [-0.15, -0.1) is 0 Å². The molecule has 1 aliphatic heterocycles. The molecular weight excluding hydrogens is 292 g/mol. The third-order valence-corrected chi connectivity index (χ3v) is 6.29. The van der Waals surface area contributed by atoms with Crippen LogP contribution in [0, 0.1) is 0 Å². The van der Waals surface area contributed by atoms with Crippen LogP contribution in [0.25, 0.3) is 0 Å². The number of rotatable bonds is 4. The first-order valence-electron chi connectivity index (χ1n) is 5.79. The highest BCUT2D eigenvalue weighted by Gasteiger charge is 2.29. The summed E-state index contributed by atoms with van der Waals surface area (Å²) in [5, 5.41) is 6.01. The van der Waals surface area contributed by atoms with E-state index in [4.69, 9.17) is 5.73 Å². The van der Waals surface area contributed by atoms with Crippen molar-refractivity contribution in [3.05, 3.63) is 11.8 Å². The molecule has 0 unspecified atom stereocenters. The van der Waals surface area contributed by atoms with Gasteiger partial charge in [0.15, 0.2) is 5.03 Å². The second kappa shape index (κ2) is 5.19. The molecule has 4 N–H and O–H groups in total. The molecule has 1 saturated heterocycles. The molecule has 0 amide bonds. The van der Waals surface area contributed by atoms with Gasteiger partial charge in [-0.1, -0.05) is 0 Å². The summed E-state index contributed by atoms with van der Waals surface area (Å²) in [6.45, 7) is 0.0613. The number of hydrogen-bond acceptors (Lipinski definition) is 6. The zero-order valence-corrected chi connectivity index (χ0v) is 11.8. The van der Waals surface area contributed by atoms with E-state index in [9.17, 15) is 16.8 Å². The van der Waals surface area contributed by atoms with Gasteiger partial charge in [0.25, 0.3) is 10.0 Å². The Morgan fingerprint density at radius 2 is 2.05 bits per heavy atom. The van der Waals surface area contributed by atoms with Crippen LogP contribution in [0.15, 0.2) is 11.2 Å². The van der Waals surface area contributed by atoms with E-state index in [2.05, 4.69) is 14.9 Å². The number of nitrogens with zero attached hydrogens (tertiary/aromatic N) is 1. The van der Waals surface area contributed by atoms with Crippen molar-refractivity contribution < 1.29 is 16.8 Å². The van der Waals surface area contributed by atoms with Crippen molar-refractivity contribution in [2.24, 2.45) is 5.73 Å². The fraction of sp³-hybridized carbons (Fsp3) is 0.667. The van der Waals surface area contributed by atoms with Crippen LogP contribution in [-0.4, -0.2) is 44.6 Å². The van der Waals surface area contributed by atoms with Gasteiger partial charge >= 0.3 is 0 Å².